The molecule has 9 N–H and O–H groups in total. The number of rotatable bonds is 10. The maximum atomic E-state index is 12.3. The topological polar surface area (TPSA) is 271 Å². The molecule has 1 atom stereocenters. The Morgan fingerprint density at radius 3 is 2.26 bits per heavy atom. The molecule has 0 fully saturated rings. The number of carbonyl (C=O) groups excluding carboxylic acids is 1. The number of nitrogens with two attached hydrogens (primary N) is 1. The second-order valence-corrected chi connectivity index (χ2v) is 8.53. The van der Waals surface area contributed by atoms with E-state index in [9.17, 15) is 24.0 Å². The number of carbonyl (C=O) groups is 4. The van der Waals surface area contributed by atoms with Crippen molar-refractivity contribution >= 4 is 46.6 Å². The summed E-state index contributed by atoms with van der Waals surface area (Å²) in [6, 6.07) is 10.7. The van der Waals surface area contributed by atoms with Crippen molar-refractivity contribution < 1.29 is 39.6 Å². The van der Waals surface area contributed by atoms with Gasteiger partial charge in [0.05, 0.1) is 18.4 Å². The number of nitrogens with one attached hydrogen (secondary N) is 3. The number of aromatic carboxylic acids is 1. The normalized spacial score (nSPS) is 11.0. The molecule has 218 valence electrons. The van der Waals surface area contributed by atoms with Gasteiger partial charge in [-0.2, -0.15) is 4.98 Å². The minimum absolute atomic E-state index is 0.0524. The lowest BCUT2D eigenvalue weighted by Gasteiger charge is -2.14. The van der Waals surface area contributed by atoms with E-state index < -0.39 is 35.4 Å². The molecule has 0 aliphatic rings. The summed E-state index contributed by atoms with van der Waals surface area (Å²) in [6.07, 6.45) is 0.840. The van der Waals surface area contributed by atoms with Crippen molar-refractivity contribution in [3.8, 4) is 5.75 Å². The second-order valence-electron chi connectivity index (χ2n) is 8.53. The molecule has 0 unspecified atom stereocenters. The van der Waals surface area contributed by atoms with Crippen molar-refractivity contribution in [2.24, 2.45) is 0 Å². The Balaban J connectivity index is 0.000000408. The molecule has 0 saturated carbocycles. The predicted octanol–water partition coefficient (Wildman–Crippen LogP) is 1.05. The highest BCUT2D eigenvalue weighted by atomic mass is 16.4. The number of aliphatic carboxylic acids is 2. The van der Waals surface area contributed by atoms with Crippen LogP contribution < -0.4 is 21.9 Å². The summed E-state index contributed by atoms with van der Waals surface area (Å²) < 4.78 is 0. The molecule has 16 nitrogen and oxygen atoms in total. The lowest BCUT2D eigenvalue weighted by Crippen LogP contribution is -2.41. The van der Waals surface area contributed by atoms with E-state index in [2.05, 4.69) is 30.6 Å². The number of H-pyrrole nitrogens is 1. The number of carboxylic acids is 3. The quantitative estimate of drug-likeness (QED) is 0.130. The van der Waals surface area contributed by atoms with Gasteiger partial charge >= 0.3 is 17.9 Å². The minimum atomic E-state index is -1.31. The average molecular weight is 580 g/mol. The summed E-state index contributed by atoms with van der Waals surface area (Å²) in [5.41, 5.74) is 6.40. The van der Waals surface area contributed by atoms with Crippen LogP contribution >= 0.6 is 0 Å². The molecule has 0 radical (unpaired) electrons. The molecule has 42 heavy (non-hydrogen) atoms. The summed E-state index contributed by atoms with van der Waals surface area (Å²) in [6.45, 7) is 0.231. The third kappa shape index (κ3) is 8.47. The molecule has 0 aliphatic carbocycles. The van der Waals surface area contributed by atoms with Crippen molar-refractivity contribution in [1.82, 2.24) is 25.3 Å². The number of fused-ring (bicyclic) bond motifs is 1. The number of hydrogen-bond acceptors (Lipinski definition) is 11. The maximum absolute atomic E-state index is 12.3. The van der Waals surface area contributed by atoms with Crippen LogP contribution in [0.5, 0.6) is 5.75 Å². The van der Waals surface area contributed by atoms with Crippen molar-refractivity contribution in [3.63, 3.8) is 0 Å². The van der Waals surface area contributed by atoms with Crippen LogP contribution in [0.15, 0.2) is 59.5 Å². The smallest absolute Gasteiger partial charge is 0.339 e. The van der Waals surface area contributed by atoms with E-state index >= 15 is 0 Å². The van der Waals surface area contributed by atoms with Gasteiger partial charge in [-0.25, -0.2) is 19.6 Å². The van der Waals surface area contributed by atoms with E-state index in [0.29, 0.717) is 11.4 Å². The van der Waals surface area contributed by atoms with Crippen LogP contribution in [-0.4, -0.2) is 70.2 Å². The van der Waals surface area contributed by atoms with E-state index in [1.165, 1.54) is 30.5 Å². The van der Waals surface area contributed by atoms with Gasteiger partial charge in [0.15, 0.2) is 11.2 Å². The molecule has 16 heteroatoms. The molecule has 0 bridgehead atoms. The van der Waals surface area contributed by atoms with Crippen LogP contribution in [0.3, 0.4) is 0 Å². The summed E-state index contributed by atoms with van der Waals surface area (Å²) in [5, 5.41) is 40.5. The highest BCUT2D eigenvalue weighted by Crippen LogP contribution is 2.15. The number of nitrogen functional groups attached to an aromatic ring is 1. The van der Waals surface area contributed by atoms with Crippen LogP contribution in [0.1, 0.15) is 39.3 Å². The van der Waals surface area contributed by atoms with E-state index in [4.69, 9.17) is 26.2 Å². The Kier molecular flexibility index (Phi) is 10.0. The van der Waals surface area contributed by atoms with Gasteiger partial charge in [-0.1, -0.05) is 12.1 Å². The van der Waals surface area contributed by atoms with Crippen LogP contribution in [0.25, 0.3) is 11.2 Å². The fourth-order valence-corrected chi connectivity index (χ4v) is 3.41. The van der Waals surface area contributed by atoms with E-state index in [-0.39, 0.29) is 53.4 Å². The summed E-state index contributed by atoms with van der Waals surface area (Å²) in [4.78, 5) is 70.8. The zero-order valence-corrected chi connectivity index (χ0v) is 21.6. The number of phenols is 1. The number of amides is 1. The second kappa shape index (κ2) is 13.8. The first-order chi connectivity index (χ1) is 19.9. The van der Waals surface area contributed by atoms with Gasteiger partial charge in [0.25, 0.3) is 11.5 Å². The van der Waals surface area contributed by atoms with Crippen LogP contribution in [0, 0.1) is 0 Å². The standard InChI is InChI=1S/C19H19N7O6.C7H6O3/c20-19-25-15-14(17(30)26-19)23-11(8-22-15)7-21-10-3-1-9(2-4-10)16(29)24-12(18(31)32)5-6-13(27)28;8-6-4-2-1-3-5(6)7(9)10/h1-4,8,12,21H,5-7H2,(H,24,29)(H,27,28)(H,31,32)(H3,20,22,25,26,30);1-4,8H,(H,9,10)/t12-;/m0./s1. The van der Waals surface area contributed by atoms with Crippen LogP contribution in [0.2, 0.25) is 0 Å². The van der Waals surface area contributed by atoms with Crippen molar-refractivity contribution in [2.45, 2.75) is 25.4 Å². The van der Waals surface area contributed by atoms with E-state index in [1.807, 2.05) is 0 Å². The molecule has 2 heterocycles. The van der Waals surface area contributed by atoms with Crippen LogP contribution in [-0.2, 0) is 16.1 Å². The number of aromatic hydroxyl groups is 1. The van der Waals surface area contributed by atoms with Gasteiger partial charge in [0.1, 0.15) is 17.4 Å². The minimum Gasteiger partial charge on any atom is -0.507 e. The molecule has 4 aromatic rings. The maximum Gasteiger partial charge on any atom is 0.339 e. The molecule has 4 rings (SSSR count). The zero-order chi connectivity index (χ0) is 30.8. The van der Waals surface area contributed by atoms with Gasteiger partial charge in [0, 0.05) is 17.7 Å². The lowest BCUT2D eigenvalue weighted by molar-refractivity contribution is -0.140. The highest BCUT2D eigenvalue weighted by Gasteiger charge is 2.21. The molecule has 0 spiro atoms. The Morgan fingerprint density at radius 1 is 0.976 bits per heavy atom. The average Bonchev–Trinajstić information content (AvgIpc) is 2.94. The van der Waals surface area contributed by atoms with E-state index in [0.717, 1.165) is 0 Å². The molecular formula is C26H25N7O9. The van der Waals surface area contributed by atoms with Crippen molar-refractivity contribution in [2.75, 3.05) is 11.1 Å². The molecule has 0 saturated heterocycles. The Bertz CT molecular complexity index is 1670. The third-order valence-electron chi connectivity index (χ3n) is 5.49. The Morgan fingerprint density at radius 2 is 1.67 bits per heavy atom. The summed E-state index contributed by atoms with van der Waals surface area (Å²) >= 11 is 0. The summed E-state index contributed by atoms with van der Waals surface area (Å²) in [7, 11) is 0. The number of aromatic amines is 1. The Hall–Kier alpha value is -6.06. The first-order valence-corrected chi connectivity index (χ1v) is 12.1. The fourth-order valence-electron chi connectivity index (χ4n) is 3.41. The predicted molar refractivity (Wildman–Crippen MR) is 147 cm³/mol. The third-order valence-corrected chi connectivity index (χ3v) is 5.49. The first kappa shape index (κ1) is 30.5. The van der Waals surface area contributed by atoms with Crippen molar-refractivity contribution in [3.05, 3.63) is 81.9 Å². The molecule has 2 aromatic heterocycles. The van der Waals surface area contributed by atoms with Gasteiger partial charge in [-0.05, 0) is 42.8 Å². The SMILES string of the molecule is Nc1nc2ncc(CNc3ccc(C(=O)N[C@@H](CCC(=O)O)C(=O)O)cc3)nc2c(=O)[nH]1.O=C(O)c1ccccc1O. The lowest BCUT2D eigenvalue weighted by atomic mass is 10.1. The monoisotopic (exact) mass is 579 g/mol. The number of benzene rings is 2. The number of aromatic nitrogens is 4. The number of anilines is 2. The van der Waals surface area contributed by atoms with E-state index in [1.54, 1.807) is 24.3 Å². The summed E-state index contributed by atoms with van der Waals surface area (Å²) in [5.74, 6) is -4.47. The Labute approximate surface area is 235 Å². The van der Waals surface area contributed by atoms with Gasteiger partial charge in [0.2, 0.25) is 5.95 Å². The first-order valence-electron chi connectivity index (χ1n) is 12.1. The van der Waals surface area contributed by atoms with Gasteiger partial charge < -0.3 is 36.8 Å². The molecular weight excluding hydrogens is 554 g/mol. The largest absolute Gasteiger partial charge is 0.507 e. The zero-order valence-electron chi connectivity index (χ0n) is 21.6. The molecule has 2 aromatic carbocycles. The number of carboxylic acid groups (broad SMARTS) is 3. The molecule has 0 aliphatic heterocycles. The highest BCUT2D eigenvalue weighted by molar-refractivity contribution is 5.97. The number of para-hydroxylation sites is 1. The van der Waals surface area contributed by atoms with Crippen LogP contribution in [0.4, 0.5) is 11.6 Å². The van der Waals surface area contributed by atoms with Gasteiger partial charge in [-0.15, -0.1) is 0 Å². The fraction of sp³-hybridized carbons (Fsp3) is 0.154. The van der Waals surface area contributed by atoms with Gasteiger partial charge in [-0.3, -0.25) is 19.4 Å². The number of nitrogens with zero attached hydrogens (tertiary/aromatic N) is 3. The molecule has 1 amide bonds. The van der Waals surface area contributed by atoms with Crippen molar-refractivity contribution in [1.29, 1.82) is 0 Å². The number of hydrogen-bond donors (Lipinski definition) is 8.